The van der Waals surface area contributed by atoms with Gasteiger partial charge in [-0.05, 0) is 42.3 Å². The number of phenolic OH excluding ortho intramolecular Hbond substituents is 1. The molecule has 4 nitrogen and oxygen atoms in total. The lowest BCUT2D eigenvalue weighted by Crippen LogP contribution is -2.18. The van der Waals surface area contributed by atoms with Crippen molar-refractivity contribution in [1.29, 1.82) is 0 Å². The Kier molecular flexibility index (Phi) is 4.95. The van der Waals surface area contributed by atoms with Crippen molar-refractivity contribution in [2.45, 2.75) is 26.4 Å². The van der Waals surface area contributed by atoms with Gasteiger partial charge in [-0.15, -0.1) is 0 Å². The molecule has 0 aromatic heterocycles. The van der Waals surface area contributed by atoms with Crippen LogP contribution in [-0.4, -0.2) is 11.0 Å². The van der Waals surface area contributed by atoms with Crippen molar-refractivity contribution in [3.05, 3.63) is 59.7 Å². The van der Waals surface area contributed by atoms with E-state index in [0.29, 0.717) is 6.54 Å². The molecule has 0 aliphatic rings. The van der Waals surface area contributed by atoms with Crippen molar-refractivity contribution in [3.63, 3.8) is 0 Å². The predicted octanol–water partition coefficient (Wildman–Crippen LogP) is 3.20. The first-order valence-electron chi connectivity index (χ1n) is 6.93. The molecule has 110 valence electrons. The summed E-state index contributed by atoms with van der Waals surface area (Å²) in [5, 5.41) is 15.6. The average molecular weight is 284 g/mol. The molecule has 1 amide bonds. The first-order valence-corrected chi connectivity index (χ1v) is 6.93. The Balaban J connectivity index is 1.99. The summed E-state index contributed by atoms with van der Waals surface area (Å²) >= 11 is 0. The normalized spacial score (nSPS) is 11.9. The Hall–Kier alpha value is -2.33. The Bertz CT molecular complexity index is 626. The second-order valence-electron chi connectivity index (χ2n) is 5.08. The van der Waals surface area contributed by atoms with Crippen LogP contribution in [0.5, 0.6) is 5.75 Å². The molecule has 0 spiro atoms. The van der Waals surface area contributed by atoms with E-state index >= 15 is 0 Å². The van der Waals surface area contributed by atoms with Gasteiger partial charge in [0.15, 0.2) is 0 Å². The third kappa shape index (κ3) is 4.61. The third-order valence-electron chi connectivity index (χ3n) is 3.23. The van der Waals surface area contributed by atoms with E-state index in [1.807, 2.05) is 36.4 Å². The van der Waals surface area contributed by atoms with E-state index in [1.54, 1.807) is 12.1 Å². The predicted molar refractivity (Wildman–Crippen MR) is 84.1 cm³/mol. The summed E-state index contributed by atoms with van der Waals surface area (Å²) in [6.07, 6.45) is 0. The van der Waals surface area contributed by atoms with Gasteiger partial charge in [-0.2, -0.15) is 0 Å². The van der Waals surface area contributed by atoms with Gasteiger partial charge in [0, 0.05) is 25.2 Å². The second kappa shape index (κ2) is 6.90. The van der Waals surface area contributed by atoms with E-state index in [2.05, 4.69) is 17.6 Å². The minimum Gasteiger partial charge on any atom is -0.508 e. The van der Waals surface area contributed by atoms with Gasteiger partial charge in [0.1, 0.15) is 5.75 Å². The summed E-state index contributed by atoms with van der Waals surface area (Å²) in [6.45, 7) is 4.23. The van der Waals surface area contributed by atoms with Gasteiger partial charge in [0.05, 0.1) is 0 Å². The van der Waals surface area contributed by atoms with Crippen LogP contribution >= 0.6 is 0 Å². The molecule has 0 bridgehead atoms. The third-order valence-corrected chi connectivity index (χ3v) is 3.23. The molecule has 0 saturated carbocycles. The van der Waals surface area contributed by atoms with Crippen molar-refractivity contribution in [3.8, 4) is 5.75 Å². The lowest BCUT2D eigenvalue weighted by atomic mass is 10.1. The van der Waals surface area contributed by atoms with Crippen molar-refractivity contribution >= 4 is 11.6 Å². The maximum absolute atomic E-state index is 11.1. The summed E-state index contributed by atoms with van der Waals surface area (Å²) in [5.74, 6) is 0.196. The number of nitrogens with one attached hydrogen (secondary N) is 2. The molecule has 0 heterocycles. The molecule has 1 atom stereocenters. The van der Waals surface area contributed by atoms with Gasteiger partial charge in [0.2, 0.25) is 5.91 Å². The number of carbonyl (C=O) groups is 1. The molecule has 1 unspecified atom stereocenters. The lowest BCUT2D eigenvalue weighted by molar-refractivity contribution is -0.114. The molecular formula is C17H20N2O2. The molecule has 0 radical (unpaired) electrons. The molecule has 2 rings (SSSR count). The van der Waals surface area contributed by atoms with Crippen molar-refractivity contribution in [2.24, 2.45) is 0 Å². The van der Waals surface area contributed by atoms with Crippen molar-refractivity contribution in [2.75, 3.05) is 5.32 Å². The quantitative estimate of drug-likeness (QED) is 0.790. The molecular weight excluding hydrogens is 264 g/mol. The van der Waals surface area contributed by atoms with Crippen LogP contribution in [-0.2, 0) is 11.3 Å². The van der Waals surface area contributed by atoms with Crippen LogP contribution in [0, 0.1) is 0 Å². The molecule has 2 aromatic rings. The minimum absolute atomic E-state index is 0.0764. The number of rotatable bonds is 5. The summed E-state index contributed by atoms with van der Waals surface area (Å²) in [7, 11) is 0. The first kappa shape index (κ1) is 15.1. The molecule has 21 heavy (non-hydrogen) atoms. The maximum atomic E-state index is 11.1. The van der Waals surface area contributed by atoms with E-state index in [-0.39, 0.29) is 17.7 Å². The highest BCUT2D eigenvalue weighted by Gasteiger charge is 2.06. The molecule has 0 aliphatic heterocycles. The number of hydrogen-bond donors (Lipinski definition) is 3. The zero-order valence-corrected chi connectivity index (χ0v) is 12.3. The highest BCUT2D eigenvalue weighted by atomic mass is 16.3. The number of amides is 1. The van der Waals surface area contributed by atoms with E-state index in [4.69, 9.17) is 0 Å². The number of anilines is 1. The van der Waals surface area contributed by atoms with Gasteiger partial charge < -0.3 is 15.7 Å². The maximum Gasteiger partial charge on any atom is 0.221 e. The molecule has 0 saturated heterocycles. The molecule has 0 fully saturated rings. The standard InChI is InChI=1S/C17H20N2O2/c1-12(18-11-14-5-3-8-17(21)9-14)15-6-4-7-16(10-15)19-13(2)20/h3-10,12,18,21H,11H2,1-2H3,(H,19,20). The zero-order chi connectivity index (χ0) is 15.2. The van der Waals surface area contributed by atoms with Crippen LogP contribution in [0.15, 0.2) is 48.5 Å². The largest absolute Gasteiger partial charge is 0.508 e. The smallest absolute Gasteiger partial charge is 0.221 e. The minimum atomic E-state index is -0.0764. The van der Waals surface area contributed by atoms with E-state index < -0.39 is 0 Å². The number of carbonyl (C=O) groups excluding carboxylic acids is 1. The highest BCUT2D eigenvalue weighted by molar-refractivity contribution is 5.88. The fourth-order valence-corrected chi connectivity index (χ4v) is 2.14. The van der Waals surface area contributed by atoms with Gasteiger partial charge in [0.25, 0.3) is 0 Å². The molecule has 3 N–H and O–H groups in total. The monoisotopic (exact) mass is 284 g/mol. The Morgan fingerprint density at radius 2 is 1.95 bits per heavy atom. The number of aromatic hydroxyl groups is 1. The molecule has 0 aliphatic carbocycles. The lowest BCUT2D eigenvalue weighted by Gasteiger charge is -2.15. The Morgan fingerprint density at radius 1 is 1.19 bits per heavy atom. The van der Waals surface area contributed by atoms with Crippen LogP contribution in [0.2, 0.25) is 0 Å². The van der Waals surface area contributed by atoms with Crippen LogP contribution < -0.4 is 10.6 Å². The Morgan fingerprint density at radius 3 is 2.67 bits per heavy atom. The highest BCUT2D eigenvalue weighted by Crippen LogP contribution is 2.18. The fraction of sp³-hybridized carbons (Fsp3) is 0.235. The number of hydrogen-bond acceptors (Lipinski definition) is 3. The van der Waals surface area contributed by atoms with E-state index in [9.17, 15) is 9.90 Å². The molecule has 4 heteroatoms. The summed E-state index contributed by atoms with van der Waals surface area (Å²) < 4.78 is 0. The molecule has 2 aromatic carbocycles. The summed E-state index contributed by atoms with van der Waals surface area (Å²) in [6, 6.07) is 15.1. The van der Waals surface area contributed by atoms with Gasteiger partial charge >= 0.3 is 0 Å². The van der Waals surface area contributed by atoms with Crippen molar-refractivity contribution in [1.82, 2.24) is 5.32 Å². The first-order chi connectivity index (χ1) is 10.0. The zero-order valence-electron chi connectivity index (χ0n) is 12.3. The van der Waals surface area contributed by atoms with Gasteiger partial charge in [-0.25, -0.2) is 0 Å². The Labute approximate surface area is 124 Å². The summed E-state index contributed by atoms with van der Waals surface area (Å²) in [5.41, 5.74) is 2.92. The van der Waals surface area contributed by atoms with Gasteiger partial charge in [-0.3, -0.25) is 4.79 Å². The number of phenols is 1. The second-order valence-corrected chi connectivity index (χ2v) is 5.08. The van der Waals surface area contributed by atoms with Crippen LogP contribution in [0.1, 0.15) is 31.0 Å². The van der Waals surface area contributed by atoms with E-state index in [0.717, 1.165) is 16.8 Å². The number of benzene rings is 2. The van der Waals surface area contributed by atoms with Crippen LogP contribution in [0.3, 0.4) is 0 Å². The van der Waals surface area contributed by atoms with E-state index in [1.165, 1.54) is 6.92 Å². The fourth-order valence-electron chi connectivity index (χ4n) is 2.14. The summed E-state index contributed by atoms with van der Waals surface area (Å²) in [4.78, 5) is 11.1. The van der Waals surface area contributed by atoms with Crippen molar-refractivity contribution < 1.29 is 9.90 Å². The van der Waals surface area contributed by atoms with Crippen LogP contribution in [0.4, 0.5) is 5.69 Å². The van der Waals surface area contributed by atoms with Crippen LogP contribution in [0.25, 0.3) is 0 Å². The van der Waals surface area contributed by atoms with Gasteiger partial charge in [-0.1, -0.05) is 24.3 Å². The topological polar surface area (TPSA) is 61.4 Å². The SMILES string of the molecule is CC(=O)Nc1cccc(C(C)NCc2cccc(O)c2)c1. The average Bonchev–Trinajstić information content (AvgIpc) is 2.44.